The van der Waals surface area contributed by atoms with E-state index in [1.54, 1.807) is 13.8 Å². The van der Waals surface area contributed by atoms with Gasteiger partial charge in [-0.2, -0.15) is 23.3 Å². The molecule has 1 aliphatic heterocycles. The fourth-order valence-corrected chi connectivity index (χ4v) is 3.92. The molecule has 1 unspecified atom stereocenters. The van der Waals surface area contributed by atoms with E-state index < -0.39 is 34.5 Å². The number of nitrogens with one attached hydrogen (secondary N) is 1. The Kier molecular flexibility index (Phi) is 4.99. The fourth-order valence-electron chi connectivity index (χ4n) is 3.92. The highest BCUT2D eigenvalue weighted by molar-refractivity contribution is 6.00. The summed E-state index contributed by atoms with van der Waals surface area (Å²) < 4.78 is 47.1. The van der Waals surface area contributed by atoms with Crippen LogP contribution >= 0.6 is 0 Å². The van der Waals surface area contributed by atoms with Crippen LogP contribution in [0.25, 0.3) is 5.95 Å². The first-order valence-electron chi connectivity index (χ1n) is 9.70. The van der Waals surface area contributed by atoms with Crippen LogP contribution in [-0.2, 0) is 17.3 Å². The highest BCUT2D eigenvalue weighted by Gasteiger charge is 2.45. The number of ketones is 1. The lowest BCUT2D eigenvalue weighted by Crippen LogP contribution is -2.29. The summed E-state index contributed by atoms with van der Waals surface area (Å²) in [6.07, 6.45) is -2.86. The summed E-state index contributed by atoms with van der Waals surface area (Å²) in [6, 6.07) is -0.140. The van der Waals surface area contributed by atoms with E-state index in [0.29, 0.717) is 19.6 Å². The first-order valence-corrected chi connectivity index (χ1v) is 9.70. The number of nitrogens with two attached hydrogens (primary N) is 1. The number of ether oxygens (including phenoxy) is 1. The van der Waals surface area contributed by atoms with Gasteiger partial charge in [-0.3, -0.25) is 9.59 Å². The van der Waals surface area contributed by atoms with Gasteiger partial charge < -0.3 is 15.8 Å². The number of rotatable bonds is 4. The van der Waals surface area contributed by atoms with Crippen molar-refractivity contribution in [2.24, 2.45) is 11.1 Å². The van der Waals surface area contributed by atoms with Crippen molar-refractivity contribution in [1.29, 1.82) is 0 Å². The molecule has 1 aliphatic carbocycles. The summed E-state index contributed by atoms with van der Waals surface area (Å²) in [5, 5.41) is 6.71. The molecule has 2 aliphatic rings. The molecule has 12 heteroatoms. The second kappa shape index (κ2) is 7.29. The predicted octanol–water partition coefficient (Wildman–Crippen LogP) is 2.14. The number of hydrogen-bond acceptors (Lipinski definition) is 7. The Hall–Kier alpha value is -3.02. The quantitative estimate of drug-likeness (QED) is 0.749. The minimum atomic E-state index is -4.82. The molecule has 0 bridgehead atoms. The Morgan fingerprint density at radius 1 is 1.35 bits per heavy atom. The van der Waals surface area contributed by atoms with Crippen LogP contribution in [0, 0.1) is 5.41 Å². The molecule has 1 amide bonds. The van der Waals surface area contributed by atoms with Gasteiger partial charge >= 0.3 is 6.18 Å². The monoisotopic (exact) mass is 438 g/mol. The predicted molar refractivity (Wildman–Crippen MR) is 102 cm³/mol. The van der Waals surface area contributed by atoms with Crippen molar-refractivity contribution < 1.29 is 27.5 Å². The number of alkyl halides is 3. The zero-order valence-corrected chi connectivity index (χ0v) is 16.9. The van der Waals surface area contributed by atoms with Gasteiger partial charge in [0.15, 0.2) is 11.5 Å². The van der Waals surface area contributed by atoms with Crippen LogP contribution in [0.5, 0.6) is 0 Å². The topological polar surface area (TPSA) is 125 Å². The second-order valence-corrected chi connectivity index (χ2v) is 8.52. The molecule has 2 aromatic rings. The SMILES string of the molecule is CC1(C)CC(=O)c2c(C(F)(F)F)nn(-c3ncc(C(N)=O)c(NC4CCOC4)n3)c2C1. The first-order chi connectivity index (χ1) is 14.5. The maximum absolute atomic E-state index is 13.6. The molecule has 0 radical (unpaired) electrons. The minimum Gasteiger partial charge on any atom is -0.379 e. The Bertz CT molecular complexity index is 1060. The van der Waals surface area contributed by atoms with Crippen molar-refractivity contribution in [2.75, 3.05) is 18.5 Å². The van der Waals surface area contributed by atoms with Crippen molar-refractivity contribution in [3.05, 3.63) is 28.7 Å². The number of halogens is 3. The van der Waals surface area contributed by atoms with E-state index >= 15 is 0 Å². The molecule has 9 nitrogen and oxygen atoms in total. The van der Waals surface area contributed by atoms with Crippen molar-refractivity contribution >= 4 is 17.5 Å². The summed E-state index contributed by atoms with van der Waals surface area (Å²) in [5.41, 5.74) is 3.21. The summed E-state index contributed by atoms with van der Waals surface area (Å²) in [4.78, 5) is 32.6. The van der Waals surface area contributed by atoms with E-state index in [0.717, 1.165) is 10.9 Å². The molecule has 0 spiro atoms. The van der Waals surface area contributed by atoms with Gasteiger partial charge in [-0.05, 0) is 18.3 Å². The van der Waals surface area contributed by atoms with E-state index in [9.17, 15) is 22.8 Å². The summed E-state index contributed by atoms with van der Waals surface area (Å²) >= 11 is 0. The second-order valence-electron chi connectivity index (χ2n) is 8.52. The van der Waals surface area contributed by atoms with Crippen LogP contribution in [0.4, 0.5) is 19.0 Å². The number of anilines is 1. The number of fused-ring (bicyclic) bond motifs is 1. The number of Topliss-reactive ketones (excluding diaryl/α,β-unsaturated/α-hetero) is 1. The zero-order valence-electron chi connectivity index (χ0n) is 16.9. The van der Waals surface area contributed by atoms with Crippen LogP contribution in [0.15, 0.2) is 6.20 Å². The van der Waals surface area contributed by atoms with Gasteiger partial charge in [-0.1, -0.05) is 13.8 Å². The number of aromatic nitrogens is 4. The van der Waals surface area contributed by atoms with E-state index in [1.165, 1.54) is 0 Å². The lowest BCUT2D eigenvalue weighted by Gasteiger charge is -2.29. The highest BCUT2D eigenvalue weighted by atomic mass is 19.4. The third kappa shape index (κ3) is 3.99. The number of primary amides is 1. The zero-order chi connectivity index (χ0) is 22.6. The molecule has 3 N–H and O–H groups in total. The molecule has 4 rings (SSSR count). The molecule has 3 heterocycles. The van der Waals surface area contributed by atoms with Gasteiger partial charge in [0, 0.05) is 19.2 Å². The average molecular weight is 438 g/mol. The van der Waals surface area contributed by atoms with Crippen molar-refractivity contribution in [3.63, 3.8) is 0 Å². The number of nitrogens with zero attached hydrogens (tertiary/aromatic N) is 4. The van der Waals surface area contributed by atoms with Crippen molar-refractivity contribution in [1.82, 2.24) is 19.7 Å². The lowest BCUT2D eigenvalue weighted by molar-refractivity contribution is -0.141. The van der Waals surface area contributed by atoms with E-state index in [4.69, 9.17) is 10.5 Å². The van der Waals surface area contributed by atoms with E-state index in [-0.39, 0.29) is 41.9 Å². The highest BCUT2D eigenvalue weighted by Crippen LogP contribution is 2.41. The summed E-state index contributed by atoms with van der Waals surface area (Å²) in [6.45, 7) is 4.50. The van der Waals surface area contributed by atoms with Gasteiger partial charge in [0.25, 0.3) is 11.9 Å². The molecule has 31 heavy (non-hydrogen) atoms. The first kappa shape index (κ1) is 21.2. The van der Waals surface area contributed by atoms with E-state index in [2.05, 4.69) is 20.4 Å². The van der Waals surface area contributed by atoms with Crippen LogP contribution < -0.4 is 11.1 Å². The van der Waals surface area contributed by atoms with Crippen LogP contribution in [0.1, 0.15) is 58.8 Å². The third-order valence-corrected chi connectivity index (χ3v) is 5.31. The summed E-state index contributed by atoms with van der Waals surface area (Å²) in [5.74, 6) is -1.53. The molecule has 2 aromatic heterocycles. The van der Waals surface area contributed by atoms with Crippen LogP contribution in [0.2, 0.25) is 0 Å². The molecule has 0 aromatic carbocycles. The number of carbonyl (C=O) groups excluding carboxylic acids is 2. The maximum atomic E-state index is 13.6. The van der Waals surface area contributed by atoms with Gasteiger partial charge in [0.1, 0.15) is 5.82 Å². The largest absolute Gasteiger partial charge is 0.435 e. The standard InChI is InChI=1S/C19H21F3N6O3/c1-18(2)5-11-13(12(29)6-18)14(19(20,21)22)27-28(11)17-24-7-10(15(23)30)16(26-17)25-9-3-4-31-8-9/h7,9H,3-6,8H2,1-2H3,(H2,23,30)(H,24,25,26). The average Bonchev–Trinajstić information content (AvgIpc) is 3.27. The van der Waals surface area contributed by atoms with Crippen LogP contribution in [-0.4, -0.2) is 50.7 Å². The Labute approximate surface area is 175 Å². The Morgan fingerprint density at radius 2 is 2.10 bits per heavy atom. The van der Waals surface area contributed by atoms with Crippen LogP contribution in [0.3, 0.4) is 0 Å². The van der Waals surface area contributed by atoms with E-state index in [1.807, 2.05) is 0 Å². The fraction of sp³-hybridized carbons (Fsp3) is 0.526. The Balaban J connectivity index is 1.86. The van der Waals surface area contributed by atoms with Gasteiger partial charge in [-0.15, -0.1) is 0 Å². The van der Waals surface area contributed by atoms with Gasteiger partial charge in [0.05, 0.1) is 29.5 Å². The molecule has 1 saturated heterocycles. The molecule has 1 atom stereocenters. The molecule has 166 valence electrons. The molecular weight excluding hydrogens is 417 g/mol. The van der Waals surface area contributed by atoms with Crippen molar-refractivity contribution in [3.8, 4) is 5.95 Å². The lowest BCUT2D eigenvalue weighted by atomic mass is 9.75. The van der Waals surface area contributed by atoms with Gasteiger partial charge in [-0.25, -0.2) is 9.67 Å². The molecular formula is C19H21F3N6O3. The smallest absolute Gasteiger partial charge is 0.379 e. The minimum absolute atomic E-state index is 0.0101. The number of carbonyl (C=O) groups is 2. The Morgan fingerprint density at radius 3 is 2.71 bits per heavy atom. The number of hydrogen-bond donors (Lipinski definition) is 2. The normalized spacial score (nSPS) is 20.5. The molecule has 0 saturated carbocycles. The maximum Gasteiger partial charge on any atom is 0.435 e. The van der Waals surface area contributed by atoms with Crippen molar-refractivity contribution in [2.45, 2.75) is 45.3 Å². The molecule has 1 fully saturated rings. The summed E-state index contributed by atoms with van der Waals surface area (Å²) in [7, 11) is 0. The number of amides is 1. The van der Waals surface area contributed by atoms with Gasteiger partial charge in [0.2, 0.25) is 0 Å². The third-order valence-electron chi connectivity index (χ3n) is 5.31.